The number of hydrogen-bond donors (Lipinski definition) is 2. The molecule has 0 bridgehead atoms. The highest BCUT2D eigenvalue weighted by atomic mass is 16.5. The van der Waals surface area contributed by atoms with Crippen LogP contribution in [0.1, 0.15) is 12.7 Å². The van der Waals surface area contributed by atoms with Crippen molar-refractivity contribution in [2.75, 3.05) is 7.05 Å². The summed E-state index contributed by atoms with van der Waals surface area (Å²) >= 11 is 0. The fraction of sp³-hybridized carbons (Fsp3) is 0.364. The van der Waals surface area contributed by atoms with Crippen LogP contribution in [0.5, 0.6) is 5.75 Å². The van der Waals surface area contributed by atoms with E-state index in [1.165, 1.54) is 0 Å². The van der Waals surface area contributed by atoms with E-state index in [0.29, 0.717) is 11.6 Å². The number of nitrogens with zero attached hydrogens (tertiary/aromatic N) is 1. The van der Waals surface area contributed by atoms with Crippen LogP contribution in [0.15, 0.2) is 22.7 Å². The molecule has 0 aliphatic carbocycles. The number of hydrogen-bond acceptors (Lipinski definition) is 4. The molecule has 4 heteroatoms. The van der Waals surface area contributed by atoms with Crippen molar-refractivity contribution in [3.05, 3.63) is 24.0 Å². The molecule has 0 aliphatic heterocycles. The van der Waals surface area contributed by atoms with E-state index in [4.69, 9.17) is 4.52 Å². The molecule has 2 rings (SSSR count). The molecule has 0 saturated heterocycles. The van der Waals surface area contributed by atoms with Gasteiger partial charge in [0.15, 0.2) is 0 Å². The van der Waals surface area contributed by atoms with Gasteiger partial charge in [0.25, 0.3) is 0 Å². The van der Waals surface area contributed by atoms with E-state index in [1.807, 2.05) is 13.1 Å². The highest BCUT2D eigenvalue weighted by Crippen LogP contribution is 2.23. The Morgan fingerprint density at radius 2 is 2.33 bits per heavy atom. The smallest absolute Gasteiger partial charge is 0.146 e. The average Bonchev–Trinajstić information content (AvgIpc) is 2.60. The minimum absolute atomic E-state index is 0.212. The van der Waals surface area contributed by atoms with Gasteiger partial charge in [-0.15, -0.1) is 0 Å². The molecule has 1 unspecified atom stereocenters. The third kappa shape index (κ3) is 1.94. The summed E-state index contributed by atoms with van der Waals surface area (Å²) in [5, 5.41) is 17.3. The SMILES string of the molecule is CNC(C)Cc1onc2cc(O)ccc12. The van der Waals surface area contributed by atoms with E-state index in [0.717, 1.165) is 17.6 Å². The predicted molar refractivity (Wildman–Crippen MR) is 57.9 cm³/mol. The van der Waals surface area contributed by atoms with E-state index in [-0.39, 0.29) is 5.75 Å². The molecule has 1 aromatic heterocycles. The maximum absolute atomic E-state index is 9.27. The van der Waals surface area contributed by atoms with Crippen LogP contribution >= 0.6 is 0 Å². The zero-order valence-corrected chi connectivity index (χ0v) is 8.82. The van der Waals surface area contributed by atoms with Crippen molar-refractivity contribution in [1.82, 2.24) is 10.5 Å². The summed E-state index contributed by atoms with van der Waals surface area (Å²) in [4.78, 5) is 0. The van der Waals surface area contributed by atoms with Gasteiger partial charge >= 0.3 is 0 Å². The molecule has 15 heavy (non-hydrogen) atoms. The van der Waals surface area contributed by atoms with Crippen LogP contribution in [0.4, 0.5) is 0 Å². The third-order valence-corrected chi connectivity index (χ3v) is 2.52. The zero-order valence-electron chi connectivity index (χ0n) is 8.82. The molecule has 4 nitrogen and oxygen atoms in total. The first-order chi connectivity index (χ1) is 7.20. The number of likely N-dealkylation sites (N-methyl/N-ethyl adjacent to an activating group) is 1. The van der Waals surface area contributed by atoms with Gasteiger partial charge in [0, 0.05) is 23.9 Å². The lowest BCUT2D eigenvalue weighted by molar-refractivity contribution is 0.377. The monoisotopic (exact) mass is 206 g/mol. The Morgan fingerprint density at radius 1 is 1.53 bits per heavy atom. The summed E-state index contributed by atoms with van der Waals surface area (Å²) < 4.78 is 5.24. The summed E-state index contributed by atoms with van der Waals surface area (Å²) in [6.07, 6.45) is 0.789. The lowest BCUT2D eigenvalue weighted by Gasteiger charge is -2.06. The van der Waals surface area contributed by atoms with Crippen molar-refractivity contribution in [1.29, 1.82) is 0 Å². The number of phenolic OH excluding ortho intramolecular Hbond substituents is 1. The Bertz CT molecular complexity index is 465. The Morgan fingerprint density at radius 3 is 3.07 bits per heavy atom. The first-order valence-electron chi connectivity index (χ1n) is 4.95. The minimum Gasteiger partial charge on any atom is -0.508 e. The molecule has 1 aromatic carbocycles. The standard InChI is InChI=1S/C11H14N2O2/c1-7(12-2)5-11-9-4-3-8(14)6-10(9)13-15-11/h3-4,6-7,12,14H,5H2,1-2H3. The van der Waals surface area contributed by atoms with Crippen molar-refractivity contribution < 1.29 is 9.63 Å². The first-order valence-corrected chi connectivity index (χ1v) is 4.95. The van der Waals surface area contributed by atoms with Crippen molar-refractivity contribution in [3.8, 4) is 5.75 Å². The van der Waals surface area contributed by atoms with E-state index in [9.17, 15) is 5.11 Å². The molecule has 2 aromatic rings. The number of aromatic nitrogens is 1. The van der Waals surface area contributed by atoms with Gasteiger partial charge in [-0.1, -0.05) is 5.16 Å². The highest BCUT2D eigenvalue weighted by Gasteiger charge is 2.11. The molecule has 1 heterocycles. The fourth-order valence-corrected chi connectivity index (χ4v) is 1.51. The maximum Gasteiger partial charge on any atom is 0.146 e. The van der Waals surface area contributed by atoms with Gasteiger partial charge in [0.05, 0.1) is 0 Å². The molecule has 0 spiro atoms. The average molecular weight is 206 g/mol. The van der Waals surface area contributed by atoms with Crippen molar-refractivity contribution in [2.24, 2.45) is 0 Å². The number of nitrogens with one attached hydrogen (secondary N) is 1. The van der Waals surface area contributed by atoms with Crippen molar-refractivity contribution in [3.63, 3.8) is 0 Å². The molecular weight excluding hydrogens is 192 g/mol. The molecule has 2 N–H and O–H groups in total. The van der Waals surface area contributed by atoms with Gasteiger partial charge in [0.1, 0.15) is 17.0 Å². The second kappa shape index (κ2) is 3.90. The Balaban J connectivity index is 2.36. The largest absolute Gasteiger partial charge is 0.508 e. The summed E-state index contributed by atoms with van der Waals surface area (Å²) in [5.41, 5.74) is 0.702. The van der Waals surface area contributed by atoms with E-state index in [2.05, 4.69) is 17.4 Å². The summed E-state index contributed by atoms with van der Waals surface area (Å²) in [6.45, 7) is 2.08. The molecule has 1 atom stereocenters. The van der Waals surface area contributed by atoms with Crippen LogP contribution < -0.4 is 5.32 Å². The Kier molecular flexibility index (Phi) is 2.60. The van der Waals surface area contributed by atoms with E-state index in [1.54, 1.807) is 12.1 Å². The maximum atomic E-state index is 9.27. The molecular formula is C11H14N2O2. The summed E-state index contributed by atoms with van der Waals surface area (Å²) in [6, 6.07) is 5.42. The quantitative estimate of drug-likeness (QED) is 0.802. The first kappa shape index (κ1) is 9.98. The van der Waals surface area contributed by atoms with Crippen LogP contribution in [-0.4, -0.2) is 23.4 Å². The Hall–Kier alpha value is -1.55. The topological polar surface area (TPSA) is 58.3 Å². The number of benzene rings is 1. The van der Waals surface area contributed by atoms with Crippen LogP contribution in [0.2, 0.25) is 0 Å². The van der Waals surface area contributed by atoms with Gasteiger partial charge < -0.3 is 14.9 Å². The molecule has 0 amide bonds. The van der Waals surface area contributed by atoms with Gasteiger partial charge in [0.2, 0.25) is 0 Å². The Labute approximate surface area is 87.9 Å². The zero-order chi connectivity index (χ0) is 10.8. The van der Waals surface area contributed by atoms with Crippen molar-refractivity contribution in [2.45, 2.75) is 19.4 Å². The van der Waals surface area contributed by atoms with Crippen LogP contribution in [0.3, 0.4) is 0 Å². The lowest BCUT2D eigenvalue weighted by atomic mass is 10.1. The van der Waals surface area contributed by atoms with E-state index < -0.39 is 0 Å². The predicted octanol–water partition coefficient (Wildman–Crippen LogP) is 1.68. The molecule has 0 radical (unpaired) electrons. The van der Waals surface area contributed by atoms with Crippen LogP contribution in [0.25, 0.3) is 10.9 Å². The van der Waals surface area contributed by atoms with Gasteiger partial charge in [-0.25, -0.2) is 0 Å². The normalized spacial score (nSPS) is 13.2. The number of fused-ring (bicyclic) bond motifs is 1. The third-order valence-electron chi connectivity index (χ3n) is 2.52. The van der Waals surface area contributed by atoms with Crippen LogP contribution in [-0.2, 0) is 6.42 Å². The molecule has 80 valence electrons. The highest BCUT2D eigenvalue weighted by molar-refractivity contribution is 5.81. The summed E-state index contributed by atoms with van der Waals surface area (Å²) in [7, 11) is 1.91. The van der Waals surface area contributed by atoms with Gasteiger partial charge in [-0.2, -0.15) is 0 Å². The van der Waals surface area contributed by atoms with Gasteiger partial charge in [-0.05, 0) is 26.1 Å². The molecule has 0 saturated carbocycles. The number of rotatable bonds is 3. The number of phenols is 1. The lowest BCUT2D eigenvalue weighted by Crippen LogP contribution is -2.23. The number of aromatic hydroxyl groups is 1. The fourth-order valence-electron chi connectivity index (χ4n) is 1.51. The van der Waals surface area contributed by atoms with Crippen molar-refractivity contribution >= 4 is 10.9 Å². The van der Waals surface area contributed by atoms with E-state index >= 15 is 0 Å². The minimum atomic E-state index is 0.212. The van der Waals surface area contributed by atoms with Crippen LogP contribution in [0, 0.1) is 0 Å². The summed E-state index contributed by atoms with van der Waals surface area (Å²) in [5.74, 6) is 1.07. The van der Waals surface area contributed by atoms with Gasteiger partial charge in [-0.3, -0.25) is 0 Å². The molecule has 0 aliphatic rings. The molecule has 0 fully saturated rings. The second-order valence-corrected chi connectivity index (χ2v) is 3.70. The second-order valence-electron chi connectivity index (χ2n) is 3.70.